The molecule has 0 radical (unpaired) electrons. The van der Waals surface area contributed by atoms with E-state index in [1.807, 2.05) is 24.1 Å². The molecule has 132 valence electrons. The van der Waals surface area contributed by atoms with E-state index < -0.39 is 0 Å². The second kappa shape index (κ2) is 7.72. The number of benzene rings is 1. The molecule has 2 aliphatic rings. The van der Waals surface area contributed by atoms with Gasteiger partial charge in [0.25, 0.3) is 0 Å². The van der Waals surface area contributed by atoms with E-state index in [1.165, 1.54) is 23.4 Å². The van der Waals surface area contributed by atoms with E-state index in [1.54, 1.807) is 0 Å². The number of aromatic nitrogens is 1. The summed E-state index contributed by atoms with van der Waals surface area (Å²) in [6.45, 7) is 6.07. The largest absolute Gasteiger partial charge is 0.354 e. The first-order chi connectivity index (χ1) is 12.3. The van der Waals surface area contributed by atoms with Crippen molar-refractivity contribution in [1.29, 1.82) is 0 Å². The van der Waals surface area contributed by atoms with Crippen LogP contribution in [0.3, 0.4) is 0 Å². The Labute approximate surface area is 152 Å². The van der Waals surface area contributed by atoms with Crippen molar-refractivity contribution in [3.05, 3.63) is 59.0 Å². The second-order valence-corrected chi connectivity index (χ2v) is 7.59. The molecular weight excluding hydrogens is 335 g/mol. The summed E-state index contributed by atoms with van der Waals surface area (Å²) in [6.07, 6.45) is 0.992. The molecule has 1 N–H and O–H groups in total. The summed E-state index contributed by atoms with van der Waals surface area (Å²) < 4.78 is 15.4. The Morgan fingerprint density at radius 2 is 1.84 bits per heavy atom. The lowest BCUT2D eigenvalue weighted by Crippen LogP contribution is -2.44. The number of halogens is 1. The SMILES string of the molecule is Fc1ccc(CSN2CCc3nc(N4CCNCC4)ccc3C2)cc1. The highest BCUT2D eigenvalue weighted by Crippen LogP contribution is 2.27. The van der Waals surface area contributed by atoms with Crippen molar-refractivity contribution in [3.8, 4) is 0 Å². The van der Waals surface area contributed by atoms with Crippen LogP contribution in [0.1, 0.15) is 16.8 Å². The van der Waals surface area contributed by atoms with E-state index in [0.29, 0.717) is 0 Å². The fourth-order valence-electron chi connectivity index (χ4n) is 3.31. The molecule has 25 heavy (non-hydrogen) atoms. The number of fused-ring (bicyclic) bond motifs is 1. The zero-order chi connectivity index (χ0) is 17.1. The van der Waals surface area contributed by atoms with E-state index >= 15 is 0 Å². The molecule has 0 amide bonds. The molecule has 1 aromatic carbocycles. The molecule has 3 heterocycles. The van der Waals surface area contributed by atoms with Gasteiger partial charge in [-0.05, 0) is 29.3 Å². The highest BCUT2D eigenvalue weighted by molar-refractivity contribution is 7.96. The van der Waals surface area contributed by atoms with Crippen molar-refractivity contribution < 1.29 is 4.39 Å². The van der Waals surface area contributed by atoms with Gasteiger partial charge in [-0.1, -0.05) is 30.1 Å². The van der Waals surface area contributed by atoms with Crippen molar-refractivity contribution in [2.24, 2.45) is 0 Å². The van der Waals surface area contributed by atoms with Gasteiger partial charge in [-0.15, -0.1) is 0 Å². The van der Waals surface area contributed by atoms with Gasteiger partial charge in [0.05, 0.1) is 0 Å². The maximum atomic E-state index is 13.0. The van der Waals surface area contributed by atoms with Crippen LogP contribution in [-0.4, -0.2) is 42.0 Å². The minimum atomic E-state index is -0.174. The lowest BCUT2D eigenvalue weighted by Gasteiger charge is -2.31. The van der Waals surface area contributed by atoms with Gasteiger partial charge < -0.3 is 10.2 Å². The normalized spacial score (nSPS) is 18.2. The lowest BCUT2D eigenvalue weighted by molar-refractivity contribution is 0.438. The monoisotopic (exact) mass is 358 g/mol. The van der Waals surface area contributed by atoms with Crippen molar-refractivity contribution in [2.45, 2.75) is 18.7 Å². The predicted octanol–water partition coefficient (Wildman–Crippen LogP) is 2.84. The molecule has 0 unspecified atom stereocenters. The number of hydrogen-bond donors (Lipinski definition) is 1. The van der Waals surface area contributed by atoms with Crippen molar-refractivity contribution in [2.75, 3.05) is 37.6 Å². The number of rotatable bonds is 4. The minimum absolute atomic E-state index is 0.174. The van der Waals surface area contributed by atoms with Gasteiger partial charge in [-0.2, -0.15) is 0 Å². The van der Waals surface area contributed by atoms with Crippen LogP contribution in [0.4, 0.5) is 10.2 Å². The quantitative estimate of drug-likeness (QED) is 0.850. The molecule has 1 saturated heterocycles. The van der Waals surface area contributed by atoms with Crippen molar-refractivity contribution >= 4 is 17.8 Å². The summed E-state index contributed by atoms with van der Waals surface area (Å²) in [5, 5.41) is 3.38. The molecule has 0 bridgehead atoms. The third kappa shape index (κ3) is 4.14. The summed E-state index contributed by atoms with van der Waals surface area (Å²) in [4.78, 5) is 7.29. The van der Waals surface area contributed by atoms with Gasteiger partial charge in [-0.25, -0.2) is 13.7 Å². The van der Waals surface area contributed by atoms with Crippen molar-refractivity contribution in [1.82, 2.24) is 14.6 Å². The third-order valence-corrected chi connectivity index (χ3v) is 5.91. The number of nitrogens with one attached hydrogen (secondary N) is 1. The molecule has 6 heteroatoms. The van der Waals surface area contributed by atoms with E-state index in [0.717, 1.165) is 62.8 Å². The molecule has 0 atom stereocenters. The fraction of sp³-hybridized carbons (Fsp3) is 0.421. The molecule has 2 aliphatic heterocycles. The first kappa shape index (κ1) is 16.8. The zero-order valence-corrected chi connectivity index (χ0v) is 15.1. The second-order valence-electron chi connectivity index (χ2n) is 6.53. The molecule has 0 saturated carbocycles. The Bertz CT molecular complexity index is 716. The Balaban J connectivity index is 1.37. The maximum Gasteiger partial charge on any atom is 0.128 e. The topological polar surface area (TPSA) is 31.4 Å². The molecule has 1 aromatic heterocycles. The molecule has 4 nitrogen and oxygen atoms in total. The number of anilines is 1. The van der Waals surface area contributed by atoms with E-state index in [9.17, 15) is 4.39 Å². The molecule has 0 aliphatic carbocycles. The summed E-state index contributed by atoms with van der Waals surface area (Å²) in [5.41, 5.74) is 3.73. The first-order valence-electron chi connectivity index (χ1n) is 8.85. The summed E-state index contributed by atoms with van der Waals surface area (Å²) in [7, 11) is 0. The Hall–Kier alpha value is -1.63. The smallest absolute Gasteiger partial charge is 0.128 e. The van der Waals surface area contributed by atoms with Crippen molar-refractivity contribution in [3.63, 3.8) is 0 Å². The highest BCUT2D eigenvalue weighted by Gasteiger charge is 2.20. The van der Waals surface area contributed by atoms with Gasteiger partial charge >= 0.3 is 0 Å². The predicted molar refractivity (Wildman–Crippen MR) is 101 cm³/mol. The Morgan fingerprint density at radius 1 is 1.04 bits per heavy atom. The van der Waals surface area contributed by atoms with E-state index in [4.69, 9.17) is 4.98 Å². The summed E-state index contributed by atoms with van der Waals surface area (Å²) >= 11 is 1.82. The number of nitrogens with zero attached hydrogens (tertiary/aromatic N) is 3. The molecule has 0 spiro atoms. The third-order valence-electron chi connectivity index (χ3n) is 4.77. The van der Waals surface area contributed by atoms with E-state index in [2.05, 4.69) is 26.7 Å². The van der Waals surface area contributed by atoms with Gasteiger partial charge in [0.15, 0.2) is 0 Å². The van der Waals surface area contributed by atoms with Crippen LogP contribution < -0.4 is 10.2 Å². The average molecular weight is 358 g/mol. The summed E-state index contributed by atoms with van der Waals surface area (Å²) in [5.74, 6) is 1.82. The molecule has 2 aromatic rings. The standard InChI is InChI=1S/C19H23FN4S/c20-17-4-1-15(2-5-17)14-25-24-10-7-18-16(13-24)3-6-19(22-18)23-11-8-21-9-12-23/h1-6,21H,7-14H2. The van der Waals surface area contributed by atoms with Crippen LogP contribution in [0.25, 0.3) is 0 Å². The molecular formula is C19H23FN4S. The highest BCUT2D eigenvalue weighted by atomic mass is 32.2. The van der Waals surface area contributed by atoms with Crippen LogP contribution in [0.15, 0.2) is 36.4 Å². The Morgan fingerprint density at radius 3 is 2.64 bits per heavy atom. The van der Waals surface area contributed by atoms with Crippen LogP contribution in [0.2, 0.25) is 0 Å². The average Bonchev–Trinajstić information content (AvgIpc) is 2.68. The number of hydrogen-bond acceptors (Lipinski definition) is 5. The fourth-order valence-corrected chi connectivity index (χ4v) is 4.28. The van der Waals surface area contributed by atoms with E-state index in [-0.39, 0.29) is 5.82 Å². The zero-order valence-electron chi connectivity index (χ0n) is 14.2. The minimum Gasteiger partial charge on any atom is -0.354 e. The lowest BCUT2D eigenvalue weighted by atomic mass is 10.1. The van der Waals surface area contributed by atoms with Gasteiger partial charge in [0.1, 0.15) is 11.6 Å². The summed E-state index contributed by atoms with van der Waals surface area (Å²) in [6, 6.07) is 11.2. The molecule has 4 rings (SSSR count). The van der Waals surface area contributed by atoms with Crippen LogP contribution in [0.5, 0.6) is 0 Å². The van der Waals surface area contributed by atoms with Gasteiger partial charge in [-0.3, -0.25) is 0 Å². The van der Waals surface area contributed by atoms with Crippen LogP contribution in [-0.2, 0) is 18.7 Å². The number of piperazine rings is 1. The van der Waals surface area contributed by atoms with Crippen LogP contribution in [0, 0.1) is 5.82 Å². The Kier molecular flexibility index (Phi) is 5.20. The first-order valence-corrected chi connectivity index (χ1v) is 9.79. The maximum absolute atomic E-state index is 13.0. The number of pyridine rings is 1. The van der Waals surface area contributed by atoms with Gasteiger partial charge in [0, 0.05) is 57.1 Å². The molecule has 1 fully saturated rings. The van der Waals surface area contributed by atoms with Gasteiger partial charge in [0.2, 0.25) is 0 Å². The van der Waals surface area contributed by atoms with Crippen LogP contribution >= 0.6 is 11.9 Å².